The van der Waals surface area contributed by atoms with E-state index in [0.29, 0.717) is 11.9 Å². The molecule has 1 aliphatic heterocycles. The molecule has 24 heavy (non-hydrogen) atoms. The maximum absolute atomic E-state index is 4.52. The van der Waals surface area contributed by atoms with E-state index in [1.54, 1.807) is 4.68 Å². The molecule has 0 aliphatic carbocycles. The van der Waals surface area contributed by atoms with E-state index in [0.717, 1.165) is 42.2 Å². The molecule has 1 N–H and O–H groups in total. The first-order valence-corrected chi connectivity index (χ1v) is 8.26. The van der Waals surface area contributed by atoms with E-state index in [4.69, 9.17) is 0 Å². The Morgan fingerprint density at radius 1 is 0.917 bits per heavy atom. The number of nitrogens with one attached hydrogen (secondary N) is 1. The summed E-state index contributed by atoms with van der Waals surface area (Å²) in [7, 11) is 0. The molecule has 8 nitrogen and oxygen atoms in total. The summed E-state index contributed by atoms with van der Waals surface area (Å²) in [4.78, 5) is 0. The van der Waals surface area contributed by atoms with Crippen LogP contribution in [-0.2, 0) is 0 Å². The summed E-state index contributed by atoms with van der Waals surface area (Å²) in [5.74, 6) is 1.28. The molecule has 128 valence electrons. The quantitative estimate of drug-likeness (QED) is 0.934. The van der Waals surface area contributed by atoms with Gasteiger partial charge in [-0.3, -0.25) is 10.4 Å². The van der Waals surface area contributed by atoms with Gasteiger partial charge in [-0.05, 0) is 46.2 Å². The number of aryl methyl sites for hydroxylation is 4. The standard InChI is InChI=1S/C16H24N8/c1-6-7-8-22-16(24-14(5)10-12(3)20-24)18-17-15(21-22)23-13(4)9-11(2)19-23/h9-10H,6-8H2,1-5H3,(H,17,21). The monoisotopic (exact) mass is 328 g/mol. The van der Waals surface area contributed by atoms with Gasteiger partial charge in [0, 0.05) is 17.9 Å². The third-order valence-electron chi connectivity index (χ3n) is 3.86. The van der Waals surface area contributed by atoms with Crippen molar-refractivity contribution < 1.29 is 0 Å². The molecule has 0 radical (unpaired) electrons. The first-order valence-electron chi connectivity index (χ1n) is 8.26. The molecular weight excluding hydrogens is 304 g/mol. The average Bonchev–Trinajstić information content (AvgIpc) is 3.05. The van der Waals surface area contributed by atoms with Crippen LogP contribution in [0, 0.1) is 27.7 Å². The Balaban J connectivity index is 1.99. The van der Waals surface area contributed by atoms with Crippen LogP contribution in [0.15, 0.2) is 22.3 Å². The molecule has 0 fully saturated rings. The lowest BCUT2D eigenvalue weighted by Crippen LogP contribution is -2.53. The van der Waals surface area contributed by atoms with Crippen molar-refractivity contribution in [2.75, 3.05) is 6.54 Å². The van der Waals surface area contributed by atoms with Gasteiger partial charge in [-0.25, -0.2) is 9.36 Å². The first kappa shape index (κ1) is 16.2. The molecule has 0 spiro atoms. The molecule has 0 atom stereocenters. The molecule has 1 aliphatic rings. The summed E-state index contributed by atoms with van der Waals surface area (Å²) >= 11 is 0. The van der Waals surface area contributed by atoms with E-state index in [1.807, 2.05) is 49.5 Å². The summed E-state index contributed by atoms with van der Waals surface area (Å²) in [5, 5.41) is 19.7. The number of hydrogen-bond donors (Lipinski definition) is 1. The minimum absolute atomic E-state index is 0.599. The zero-order valence-corrected chi connectivity index (χ0v) is 14.9. The van der Waals surface area contributed by atoms with Crippen molar-refractivity contribution in [1.82, 2.24) is 30.0 Å². The maximum Gasteiger partial charge on any atom is 0.265 e. The van der Waals surface area contributed by atoms with E-state index in [-0.39, 0.29) is 0 Å². The lowest BCUT2D eigenvalue weighted by atomic mass is 10.3. The van der Waals surface area contributed by atoms with Crippen LogP contribution in [0.1, 0.15) is 42.5 Å². The van der Waals surface area contributed by atoms with Gasteiger partial charge in [0.05, 0.1) is 11.4 Å². The zero-order valence-electron chi connectivity index (χ0n) is 14.9. The van der Waals surface area contributed by atoms with E-state index < -0.39 is 0 Å². The normalized spacial score (nSPS) is 14.5. The molecule has 2 aromatic heterocycles. The molecule has 0 unspecified atom stereocenters. The van der Waals surface area contributed by atoms with E-state index in [2.05, 4.69) is 32.7 Å². The minimum Gasteiger partial charge on any atom is -0.262 e. The summed E-state index contributed by atoms with van der Waals surface area (Å²) in [6.45, 7) is 10.9. The fourth-order valence-corrected chi connectivity index (χ4v) is 2.73. The highest BCUT2D eigenvalue weighted by Crippen LogP contribution is 2.09. The Bertz CT molecular complexity index is 795. The second kappa shape index (κ2) is 6.46. The van der Waals surface area contributed by atoms with Crippen molar-refractivity contribution in [2.45, 2.75) is 47.5 Å². The molecule has 0 saturated carbocycles. The third-order valence-corrected chi connectivity index (χ3v) is 3.86. The Hall–Kier alpha value is -2.64. The minimum atomic E-state index is 0.599. The lowest BCUT2D eigenvalue weighted by molar-refractivity contribution is 0.337. The van der Waals surface area contributed by atoms with Crippen molar-refractivity contribution in [2.24, 2.45) is 10.2 Å². The van der Waals surface area contributed by atoms with Gasteiger partial charge in [0.15, 0.2) is 0 Å². The fraction of sp³-hybridized carbons (Fsp3) is 0.500. The smallest absolute Gasteiger partial charge is 0.262 e. The molecule has 3 rings (SSSR count). The summed E-state index contributed by atoms with van der Waals surface area (Å²) in [6, 6.07) is 4.04. The second-order valence-corrected chi connectivity index (χ2v) is 6.12. The van der Waals surface area contributed by atoms with Crippen LogP contribution in [0.5, 0.6) is 0 Å². The van der Waals surface area contributed by atoms with Gasteiger partial charge in [-0.15, -0.1) is 10.2 Å². The molecular formula is C16H24N8. The fourth-order valence-electron chi connectivity index (χ4n) is 2.73. The molecule has 0 bridgehead atoms. The topological polar surface area (TPSA) is 75.6 Å². The van der Waals surface area contributed by atoms with Crippen LogP contribution >= 0.6 is 0 Å². The van der Waals surface area contributed by atoms with Gasteiger partial charge in [-0.2, -0.15) is 10.2 Å². The Labute approximate surface area is 141 Å². The van der Waals surface area contributed by atoms with Gasteiger partial charge in [0.1, 0.15) is 0 Å². The van der Waals surface area contributed by atoms with E-state index in [9.17, 15) is 0 Å². The third kappa shape index (κ3) is 3.04. The van der Waals surface area contributed by atoms with Gasteiger partial charge in [0.2, 0.25) is 0 Å². The van der Waals surface area contributed by atoms with Crippen LogP contribution in [0.4, 0.5) is 0 Å². The summed E-state index contributed by atoms with van der Waals surface area (Å²) in [6.07, 6.45) is 2.13. The Morgan fingerprint density at radius 2 is 1.54 bits per heavy atom. The van der Waals surface area contributed by atoms with Gasteiger partial charge >= 0.3 is 0 Å². The number of rotatable bonds is 3. The Morgan fingerprint density at radius 3 is 2.08 bits per heavy atom. The second-order valence-electron chi connectivity index (χ2n) is 6.12. The maximum atomic E-state index is 4.52. The van der Waals surface area contributed by atoms with Crippen molar-refractivity contribution in [1.29, 1.82) is 0 Å². The molecule has 3 heterocycles. The lowest BCUT2D eigenvalue weighted by Gasteiger charge is -2.29. The number of nitrogens with zero attached hydrogens (tertiary/aromatic N) is 7. The zero-order chi connectivity index (χ0) is 17.3. The summed E-state index contributed by atoms with van der Waals surface area (Å²) < 4.78 is 3.59. The average molecular weight is 328 g/mol. The van der Waals surface area contributed by atoms with Crippen molar-refractivity contribution in [3.63, 3.8) is 0 Å². The molecule has 8 heteroatoms. The van der Waals surface area contributed by atoms with Crippen molar-refractivity contribution >= 4 is 11.9 Å². The number of hydrogen-bond acceptors (Lipinski definition) is 6. The number of aromatic nitrogens is 4. The van der Waals surface area contributed by atoms with Crippen LogP contribution in [-0.4, -0.2) is 43.0 Å². The van der Waals surface area contributed by atoms with Crippen LogP contribution < -0.4 is 5.43 Å². The van der Waals surface area contributed by atoms with E-state index >= 15 is 0 Å². The summed E-state index contributed by atoms with van der Waals surface area (Å²) in [5.41, 5.74) is 7.28. The largest absolute Gasteiger partial charge is 0.265 e. The van der Waals surface area contributed by atoms with Gasteiger partial charge in [-0.1, -0.05) is 13.3 Å². The van der Waals surface area contributed by atoms with Crippen LogP contribution in [0.25, 0.3) is 0 Å². The molecule has 0 saturated heterocycles. The van der Waals surface area contributed by atoms with Crippen molar-refractivity contribution in [3.05, 3.63) is 34.9 Å². The number of unbranched alkanes of at least 4 members (excludes halogenated alkanes) is 1. The van der Waals surface area contributed by atoms with Crippen LogP contribution in [0.2, 0.25) is 0 Å². The molecule has 0 amide bonds. The van der Waals surface area contributed by atoms with Gasteiger partial charge < -0.3 is 0 Å². The van der Waals surface area contributed by atoms with Crippen molar-refractivity contribution in [3.8, 4) is 0 Å². The van der Waals surface area contributed by atoms with Gasteiger partial charge in [0.25, 0.3) is 11.9 Å². The predicted molar refractivity (Wildman–Crippen MR) is 93.8 cm³/mol. The predicted octanol–water partition coefficient (Wildman–Crippen LogP) is 1.96. The Kier molecular flexibility index (Phi) is 4.37. The first-order chi connectivity index (χ1) is 11.5. The molecule has 0 aromatic carbocycles. The number of hydrazine groups is 1. The highest BCUT2D eigenvalue weighted by molar-refractivity contribution is 5.91. The molecule has 2 aromatic rings. The SMILES string of the molecule is CCCCN1NC(n2nc(C)cc2C)=NN=C1n1nc(C)cc1C. The van der Waals surface area contributed by atoms with Crippen LogP contribution in [0.3, 0.4) is 0 Å². The highest BCUT2D eigenvalue weighted by Gasteiger charge is 2.23. The van der Waals surface area contributed by atoms with E-state index in [1.165, 1.54) is 0 Å². The highest BCUT2D eigenvalue weighted by atomic mass is 15.7.